The van der Waals surface area contributed by atoms with Gasteiger partial charge in [0, 0.05) is 17.4 Å². The Morgan fingerprint density at radius 2 is 1.71 bits per heavy atom. The molecule has 1 N–H and O–H groups in total. The Labute approximate surface area is 238 Å². The molecule has 1 saturated heterocycles. The zero-order valence-corrected chi connectivity index (χ0v) is 23.2. The van der Waals surface area contributed by atoms with Crippen LogP contribution < -0.4 is 11.4 Å². The Balaban J connectivity index is 1.63. The van der Waals surface area contributed by atoms with E-state index < -0.39 is 44.9 Å². The third-order valence-electron chi connectivity index (χ3n) is 7.59. The lowest BCUT2D eigenvalue weighted by Gasteiger charge is -2.49. The SMILES string of the molecule is O=C1N(CBr)C(=O)[C@@]2(Cl)[C@@H](c3ccc(O)cc3Cl)C3=CCn4c(=O)n(-c5ccccc5)c(=O)n4[C@@H]3C[C@@]12Cl. The Hall–Kier alpha value is -2.79. The number of carbonyl (C=O) groups is 2. The van der Waals surface area contributed by atoms with Crippen LogP contribution in [0.2, 0.25) is 5.02 Å². The normalized spacial score (nSPS) is 28.1. The maximum atomic E-state index is 13.8. The fourth-order valence-electron chi connectivity index (χ4n) is 5.91. The molecule has 0 bridgehead atoms. The van der Waals surface area contributed by atoms with Crippen molar-refractivity contribution in [3.8, 4) is 11.4 Å². The molecule has 2 aliphatic heterocycles. The van der Waals surface area contributed by atoms with Gasteiger partial charge in [0.25, 0.3) is 11.8 Å². The summed E-state index contributed by atoms with van der Waals surface area (Å²) in [5, 5.41) is 10.1. The van der Waals surface area contributed by atoms with E-state index >= 15 is 0 Å². The van der Waals surface area contributed by atoms with Gasteiger partial charge >= 0.3 is 11.4 Å². The van der Waals surface area contributed by atoms with E-state index in [0.29, 0.717) is 16.8 Å². The summed E-state index contributed by atoms with van der Waals surface area (Å²) in [6.07, 6.45) is 1.51. The van der Waals surface area contributed by atoms with Crippen LogP contribution in [0.1, 0.15) is 23.9 Å². The highest BCUT2D eigenvalue weighted by atomic mass is 79.9. The molecule has 2 amide bonds. The van der Waals surface area contributed by atoms with Crippen molar-refractivity contribution in [2.75, 3.05) is 5.45 Å². The third kappa shape index (κ3) is 3.11. The Kier molecular flexibility index (Phi) is 5.77. The van der Waals surface area contributed by atoms with Gasteiger partial charge in [-0.2, -0.15) is 0 Å². The van der Waals surface area contributed by atoms with Crippen molar-refractivity contribution in [1.82, 2.24) is 18.8 Å². The summed E-state index contributed by atoms with van der Waals surface area (Å²) in [6.45, 7) is 0.0124. The van der Waals surface area contributed by atoms with Crippen molar-refractivity contribution < 1.29 is 14.7 Å². The number of hydrogen-bond acceptors (Lipinski definition) is 5. The van der Waals surface area contributed by atoms with E-state index in [1.54, 1.807) is 36.4 Å². The number of benzene rings is 2. The molecule has 2 fully saturated rings. The maximum Gasteiger partial charge on any atom is 0.352 e. The van der Waals surface area contributed by atoms with Gasteiger partial charge in [0.15, 0.2) is 9.75 Å². The minimum Gasteiger partial charge on any atom is -0.508 e. The topological polar surface area (TPSA) is 107 Å². The van der Waals surface area contributed by atoms with E-state index in [4.69, 9.17) is 34.8 Å². The highest BCUT2D eigenvalue weighted by Crippen LogP contribution is 2.64. The number of aromatic nitrogens is 3. The largest absolute Gasteiger partial charge is 0.508 e. The van der Waals surface area contributed by atoms with Crippen LogP contribution in [-0.4, -0.2) is 51.0 Å². The number of para-hydroxylation sites is 1. The van der Waals surface area contributed by atoms with E-state index in [9.17, 15) is 24.3 Å². The van der Waals surface area contributed by atoms with Crippen molar-refractivity contribution in [1.29, 1.82) is 0 Å². The van der Waals surface area contributed by atoms with E-state index in [2.05, 4.69) is 15.9 Å². The summed E-state index contributed by atoms with van der Waals surface area (Å²) in [6, 6.07) is 11.8. The van der Waals surface area contributed by atoms with Crippen LogP contribution in [0, 0.1) is 0 Å². The van der Waals surface area contributed by atoms with E-state index in [-0.39, 0.29) is 29.2 Å². The minimum atomic E-state index is -1.99. The zero-order valence-electron chi connectivity index (χ0n) is 19.4. The second-order valence-corrected chi connectivity index (χ2v) is 11.5. The summed E-state index contributed by atoms with van der Waals surface area (Å²) in [5.74, 6) is -2.58. The number of hydrogen-bond donors (Lipinski definition) is 1. The second-order valence-electron chi connectivity index (χ2n) is 9.40. The molecule has 9 nitrogen and oxygen atoms in total. The predicted molar refractivity (Wildman–Crippen MR) is 145 cm³/mol. The lowest BCUT2D eigenvalue weighted by atomic mass is 9.64. The number of aromatic hydroxyl groups is 1. The monoisotopic (exact) mass is 638 g/mol. The first-order valence-electron chi connectivity index (χ1n) is 11.5. The fraction of sp³-hybridized carbons (Fsp3) is 0.280. The van der Waals surface area contributed by atoms with Gasteiger partial charge in [0.2, 0.25) is 0 Å². The lowest BCUT2D eigenvalue weighted by molar-refractivity contribution is -0.138. The number of fused-ring (bicyclic) bond motifs is 4. The van der Waals surface area contributed by atoms with Crippen LogP contribution in [0.4, 0.5) is 0 Å². The average molecular weight is 641 g/mol. The number of carbonyl (C=O) groups excluding carboxylic acids is 2. The van der Waals surface area contributed by atoms with Crippen molar-refractivity contribution in [2.24, 2.45) is 0 Å². The quantitative estimate of drug-likeness (QED) is 0.204. The Morgan fingerprint density at radius 3 is 2.37 bits per heavy atom. The zero-order chi connectivity index (χ0) is 27.1. The summed E-state index contributed by atoms with van der Waals surface area (Å²) in [7, 11) is 0. The van der Waals surface area contributed by atoms with Gasteiger partial charge in [-0.1, -0.05) is 57.9 Å². The van der Waals surface area contributed by atoms with Crippen LogP contribution in [0.3, 0.4) is 0 Å². The van der Waals surface area contributed by atoms with Gasteiger partial charge in [-0.3, -0.25) is 14.5 Å². The first-order valence-corrected chi connectivity index (χ1v) is 13.8. The van der Waals surface area contributed by atoms with Crippen LogP contribution in [-0.2, 0) is 16.1 Å². The number of phenols is 1. The van der Waals surface area contributed by atoms with Crippen molar-refractivity contribution >= 4 is 62.5 Å². The molecular formula is C25H18BrCl3N4O5. The third-order valence-corrected chi connectivity index (χ3v) is 9.83. The van der Waals surface area contributed by atoms with Gasteiger partial charge in [0.05, 0.1) is 23.7 Å². The van der Waals surface area contributed by atoms with Gasteiger partial charge in [-0.05, 0) is 35.4 Å². The average Bonchev–Trinajstić information content (AvgIpc) is 3.23. The first-order chi connectivity index (χ1) is 18.1. The smallest absolute Gasteiger partial charge is 0.352 e. The Bertz CT molecular complexity index is 1680. The molecule has 3 aliphatic rings. The van der Waals surface area contributed by atoms with Gasteiger partial charge < -0.3 is 5.11 Å². The summed E-state index contributed by atoms with van der Waals surface area (Å²) < 4.78 is 3.61. The molecule has 38 heavy (non-hydrogen) atoms. The number of imide groups is 1. The van der Waals surface area contributed by atoms with Crippen LogP contribution in [0.25, 0.3) is 5.69 Å². The molecule has 3 heterocycles. The highest BCUT2D eigenvalue weighted by molar-refractivity contribution is 9.09. The molecule has 0 unspecified atom stereocenters. The van der Waals surface area contributed by atoms with E-state index in [1.165, 1.54) is 27.6 Å². The van der Waals surface area contributed by atoms with E-state index in [0.717, 1.165) is 9.47 Å². The summed E-state index contributed by atoms with van der Waals surface area (Å²) in [5.41, 5.74) is -0.0558. The molecule has 4 atom stereocenters. The van der Waals surface area contributed by atoms with Crippen molar-refractivity contribution in [3.63, 3.8) is 0 Å². The van der Waals surface area contributed by atoms with Crippen LogP contribution in [0.15, 0.2) is 69.8 Å². The molecule has 1 aromatic heterocycles. The molecule has 1 aliphatic carbocycles. The Morgan fingerprint density at radius 1 is 1.00 bits per heavy atom. The first kappa shape index (κ1) is 25.5. The number of nitrogens with zero attached hydrogens (tertiary/aromatic N) is 4. The molecule has 196 valence electrons. The number of alkyl halides is 3. The van der Waals surface area contributed by atoms with E-state index in [1.807, 2.05) is 0 Å². The highest BCUT2D eigenvalue weighted by Gasteiger charge is 2.75. The molecule has 13 heteroatoms. The number of halogens is 4. The molecule has 6 rings (SSSR count). The van der Waals surface area contributed by atoms with Crippen LogP contribution >= 0.6 is 50.7 Å². The maximum absolute atomic E-state index is 13.8. The molecular weight excluding hydrogens is 623 g/mol. The van der Waals surface area contributed by atoms with Crippen LogP contribution in [0.5, 0.6) is 5.75 Å². The number of likely N-dealkylation sites (tertiary alicyclic amines) is 1. The molecule has 3 aromatic rings. The number of rotatable bonds is 3. The van der Waals surface area contributed by atoms with Crippen molar-refractivity contribution in [3.05, 3.63) is 91.7 Å². The second kappa shape index (κ2) is 8.61. The number of phenolic OH excluding ortho intramolecular Hbond substituents is 1. The molecule has 0 radical (unpaired) electrons. The van der Waals surface area contributed by atoms with Gasteiger partial charge in [-0.25, -0.2) is 23.5 Å². The van der Waals surface area contributed by atoms with Gasteiger partial charge in [-0.15, -0.1) is 23.2 Å². The fourth-order valence-corrected chi connectivity index (χ4v) is 7.59. The number of amides is 2. The van der Waals surface area contributed by atoms with Crippen molar-refractivity contribution in [2.45, 2.75) is 34.7 Å². The minimum absolute atomic E-state index is 0.0124. The molecule has 2 aromatic carbocycles. The summed E-state index contributed by atoms with van der Waals surface area (Å²) in [4.78, 5) is 51.4. The predicted octanol–water partition coefficient (Wildman–Crippen LogP) is 3.50. The van der Waals surface area contributed by atoms with Gasteiger partial charge in [0.1, 0.15) is 5.75 Å². The summed E-state index contributed by atoms with van der Waals surface area (Å²) >= 11 is 24.0. The lowest BCUT2D eigenvalue weighted by Crippen LogP contribution is -2.59. The molecule has 1 saturated carbocycles. The number of allylic oxidation sites excluding steroid dienone is 2. The standard InChI is InChI=1S/C25H18BrCl3N4O5/c26-12-30-20(35)24(28)11-18-16(19(25(24,29)21(30)36)15-7-6-14(34)10-17(15)27)8-9-31-22(37)32(23(38)33(18)31)13-4-2-1-3-5-13/h1-8,10,18-19,34H,9,11-12H2/t18-,19+,24-,25+/m1/s1. The molecule has 0 spiro atoms.